The molecule has 0 aliphatic carbocycles. The first-order valence-corrected chi connectivity index (χ1v) is 6.86. The van der Waals surface area contributed by atoms with Crippen molar-refractivity contribution in [2.24, 2.45) is 0 Å². The van der Waals surface area contributed by atoms with Gasteiger partial charge in [-0.2, -0.15) is 11.8 Å². The van der Waals surface area contributed by atoms with Crippen LogP contribution in [0.3, 0.4) is 0 Å². The number of hydrogen-bond donors (Lipinski definition) is 2. The minimum Gasteiger partial charge on any atom is -0.396 e. The van der Waals surface area contributed by atoms with Gasteiger partial charge in [-0.3, -0.25) is 0 Å². The minimum absolute atomic E-state index is 0.283. The first-order valence-electron chi connectivity index (χ1n) is 5.33. The Balaban J connectivity index is 2.05. The summed E-state index contributed by atoms with van der Waals surface area (Å²) in [5.74, 6) is 2.07. The van der Waals surface area contributed by atoms with Gasteiger partial charge in [-0.25, -0.2) is 4.98 Å². The Morgan fingerprint density at radius 1 is 1.44 bits per heavy atom. The van der Waals surface area contributed by atoms with Gasteiger partial charge in [0.25, 0.3) is 0 Å². The van der Waals surface area contributed by atoms with Crippen molar-refractivity contribution < 1.29 is 5.11 Å². The Morgan fingerprint density at radius 3 is 3.06 bits per heavy atom. The van der Waals surface area contributed by atoms with Crippen LogP contribution in [0.4, 0.5) is 0 Å². The molecular formula is C11H17ClN2OS. The number of nitrogens with zero attached hydrogens (tertiary/aromatic N) is 1. The second-order valence-electron chi connectivity index (χ2n) is 3.32. The van der Waals surface area contributed by atoms with Gasteiger partial charge < -0.3 is 10.4 Å². The van der Waals surface area contributed by atoms with Crippen LogP contribution in [0.15, 0.2) is 18.3 Å². The predicted octanol–water partition coefficient (Wildman–Crippen LogP) is 1.94. The van der Waals surface area contributed by atoms with Gasteiger partial charge in [-0.1, -0.05) is 17.7 Å². The molecule has 1 aromatic heterocycles. The van der Waals surface area contributed by atoms with E-state index in [4.69, 9.17) is 16.7 Å². The number of halogens is 1. The van der Waals surface area contributed by atoms with Crippen molar-refractivity contribution in [1.82, 2.24) is 10.3 Å². The molecule has 3 nitrogen and oxygen atoms in total. The largest absolute Gasteiger partial charge is 0.396 e. The van der Waals surface area contributed by atoms with Crippen LogP contribution in [0.25, 0.3) is 0 Å². The molecule has 0 atom stereocenters. The maximum atomic E-state index is 8.60. The summed E-state index contributed by atoms with van der Waals surface area (Å²) in [6, 6.07) is 3.86. The van der Waals surface area contributed by atoms with Gasteiger partial charge in [0, 0.05) is 37.2 Å². The molecule has 16 heavy (non-hydrogen) atoms. The van der Waals surface area contributed by atoms with Crippen LogP contribution in [0.5, 0.6) is 0 Å². The van der Waals surface area contributed by atoms with E-state index in [1.807, 2.05) is 23.9 Å². The van der Waals surface area contributed by atoms with Gasteiger partial charge in [-0.15, -0.1) is 0 Å². The van der Waals surface area contributed by atoms with E-state index < -0.39 is 0 Å². The molecule has 90 valence electrons. The van der Waals surface area contributed by atoms with Crippen LogP contribution in [-0.2, 0) is 6.54 Å². The molecular weight excluding hydrogens is 244 g/mol. The van der Waals surface area contributed by atoms with Crippen LogP contribution >= 0.6 is 23.4 Å². The number of aliphatic hydroxyl groups excluding tert-OH is 1. The summed E-state index contributed by atoms with van der Waals surface area (Å²) in [7, 11) is 0. The van der Waals surface area contributed by atoms with Gasteiger partial charge in [0.2, 0.25) is 0 Å². The average molecular weight is 261 g/mol. The van der Waals surface area contributed by atoms with Gasteiger partial charge in [-0.05, 0) is 18.2 Å². The zero-order valence-electron chi connectivity index (χ0n) is 9.16. The highest BCUT2D eigenvalue weighted by Crippen LogP contribution is 2.10. The van der Waals surface area contributed by atoms with Crippen LogP contribution in [0.1, 0.15) is 12.0 Å². The number of hydrogen-bond acceptors (Lipinski definition) is 4. The summed E-state index contributed by atoms with van der Waals surface area (Å²) in [5.41, 5.74) is 1.03. The van der Waals surface area contributed by atoms with E-state index in [2.05, 4.69) is 10.3 Å². The van der Waals surface area contributed by atoms with Crippen LogP contribution in [0.2, 0.25) is 5.15 Å². The fourth-order valence-corrected chi connectivity index (χ4v) is 2.20. The number of rotatable bonds is 8. The summed E-state index contributed by atoms with van der Waals surface area (Å²) in [6.07, 6.45) is 2.57. The molecule has 0 saturated heterocycles. The highest BCUT2D eigenvalue weighted by molar-refractivity contribution is 7.99. The maximum Gasteiger partial charge on any atom is 0.133 e. The topological polar surface area (TPSA) is 45.1 Å². The Labute approximate surface area is 106 Å². The van der Waals surface area contributed by atoms with Crippen LogP contribution < -0.4 is 5.32 Å². The predicted molar refractivity (Wildman–Crippen MR) is 70.0 cm³/mol. The van der Waals surface area contributed by atoms with E-state index in [1.165, 1.54) is 0 Å². The van der Waals surface area contributed by atoms with Crippen molar-refractivity contribution in [3.63, 3.8) is 0 Å². The number of aliphatic hydroxyl groups is 1. The van der Waals surface area contributed by atoms with Crippen molar-refractivity contribution >= 4 is 23.4 Å². The van der Waals surface area contributed by atoms with Gasteiger partial charge in [0.15, 0.2) is 0 Å². The van der Waals surface area contributed by atoms with Crippen molar-refractivity contribution in [3.05, 3.63) is 29.0 Å². The lowest BCUT2D eigenvalue weighted by Gasteiger charge is -2.05. The molecule has 0 unspecified atom stereocenters. The first kappa shape index (κ1) is 13.8. The highest BCUT2D eigenvalue weighted by Gasteiger charge is 1.98. The minimum atomic E-state index is 0.283. The lowest BCUT2D eigenvalue weighted by molar-refractivity contribution is 0.296. The summed E-state index contributed by atoms with van der Waals surface area (Å²) in [5, 5.41) is 12.5. The average Bonchev–Trinajstić information content (AvgIpc) is 2.30. The SMILES string of the molecule is OCCCSCCNCc1cccnc1Cl. The van der Waals surface area contributed by atoms with E-state index >= 15 is 0 Å². The fraction of sp³-hybridized carbons (Fsp3) is 0.545. The summed E-state index contributed by atoms with van der Waals surface area (Å²) < 4.78 is 0. The van der Waals surface area contributed by atoms with Gasteiger partial charge >= 0.3 is 0 Å². The van der Waals surface area contributed by atoms with Crippen molar-refractivity contribution in [2.45, 2.75) is 13.0 Å². The standard InChI is InChI=1S/C11H17ClN2OS/c12-11-10(3-1-4-14-11)9-13-5-8-16-7-2-6-15/h1,3-4,13,15H,2,5-9H2. The lowest BCUT2D eigenvalue weighted by Crippen LogP contribution is -2.17. The normalized spacial score (nSPS) is 10.6. The third kappa shape index (κ3) is 5.70. The summed E-state index contributed by atoms with van der Waals surface area (Å²) in [4.78, 5) is 4.01. The monoisotopic (exact) mass is 260 g/mol. The van der Waals surface area contributed by atoms with Crippen molar-refractivity contribution in [1.29, 1.82) is 0 Å². The van der Waals surface area contributed by atoms with E-state index in [0.717, 1.165) is 36.6 Å². The molecule has 0 saturated carbocycles. The zero-order valence-corrected chi connectivity index (χ0v) is 10.7. The fourth-order valence-electron chi connectivity index (χ4n) is 1.19. The second kappa shape index (κ2) is 8.82. The Kier molecular flexibility index (Phi) is 7.59. The van der Waals surface area contributed by atoms with Gasteiger partial charge in [0.05, 0.1) is 0 Å². The molecule has 0 aromatic carbocycles. The van der Waals surface area contributed by atoms with E-state index in [0.29, 0.717) is 5.15 Å². The smallest absolute Gasteiger partial charge is 0.133 e. The van der Waals surface area contributed by atoms with Crippen LogP contribution in [0, 0.1) is 0 Å². The molecule has 1 rings (SSSR count). The quantitative estimate of drug-likeness (QED) is 0.554. The molecule has 1 heterocycles. The number of aromatic nitrogens is 1. The third-order valence-electron chi connectivity index (χ3n) is 2.02. The molecule has 0 aliphatic heterocycles. The maximum absolute atomic E-state index is 8.60. The Hall–Kier alpha value is -0.290. The Bertz CT molecular complexity index is 299. The molecule has 0 amide bonds. The molecule has 5 heteroatoms. The molecule has 1 aromatic rings. The van der Waals surface area contributed by atoms with Crippen molar-refractivity contribution in [3.8, 4) is 0 Å². The first-order chi connectivity index (χ1) is 7.84. The molecule has 0 spiro atoms. The lowest BCUT2D eigenvalue weighted by atomic mass is 10.3. The van der Waals surface area contributed by atoms with E-state index in [-0.39, 0.29) is 6.61 Å². The van der Waals surface area contributed by atoms with E-state index in [1.54, 1.807) is 6.20 Å². The van der Waals surface area contributed by atoms with E-state index in [9.17, 15) is 0 Å². The van der Waals surface area contributed by atoms with Crippen molar-refractivity contribution in [2.75, 3.05) is 24.7 Å². The molecule has 0 radical (unpaired) electrons. The molecule has 2 N–H and O–H groups in total. The Morgan fingerprint density at radius 2 is 2.31 bits per heavy atom. The second-order valence-corrected chi connectivity index (χ2v) is 4.90. The third-order valence-corrected chi connectivity index (χ3v) is 3.43. The summed E-state index contributed by atoms with van der Waals surface area (Å²) >= 11 is 7.77. The highest BCUT2D eigenvalue weighted by atomic mass is 35.5. The number of thioether (sulfide) groups is 1. The number of nitrogens with one attached hydrogen (secondary N) is 1. The molecule has 0 aliphatic rings. The zero-order chi connectivity index (χ0) is 11.6. The molecule has 0 fully saturated rings. The summed E-state index contributed by atoms with van der Waals surface area (Å²) in [6.45, 7) is 1.99. The van der Waals surface area contributed by atoms with Crippen LogP contribution in [-0.4, -0.2) is 34.7 Å². The van der Waals surface area contributed by atoms with Gasteiger partial charge in [0.1, 0.15) is 5.15 Å². The molecule has 0 bridgehead atoms. The number of pyridine rings is 1.